The van der Waals surface area contributed by atoms with Gasteiger partial charge in [0.15, 0.2) is 0 Å². The van der Waals surface area contributed by atoms with Crippen molar-refractivity contribution in [3.8, 4) is 51.0 Å². The predicted molar refractivity (Wildman–Crippen MR) is 276 cm³/mol. The molecule has 5 aromatic carbocycles. The van der Waals surface area contributed by atoms with Crippen LogP contribution in [0.5, 0.6) is 28.7 Å². The lowest BCUT2D eigenvalue weighted by atomic mass is 9.80. The van der Waals surface area contributed by atoms with Crippen LogP contribution in [0, 0.1) is 13.8 Å². The van der Waals surface area contributed by atoms with Gasteiger partial charge in [-0.05, 0) is 194 Å². The van der Waals surface area contributed by atoms with Gasteiger partial charge in [-0.1, -0.05) is 54.1 Å². The Morgan fingerprint density at radius 2 is 0.781 bits per heavy atom. The summed E-state index contributed by atoms with van der Waals surface area (Å²) in [7, 11) is 0. The van der Waals surface area contributed by atoms with Gasteiger partial charge in [0.25, 0.3) is 0 Å². The number of benzene rings is 5. The molecule has 0 aliphatic carbocycles. The van der Waals surface area contributed by atoms with Crippen LogP contribution in [0.15, 0.2) is 97.1 Å². The first kappa shape index (κ1) is 56.8. The van der Waals surface area contributed by atoms with Gasteiger partial charge in [-0.3, -0.25) is 0 Å². The number of rotatable bonds is 12. The average Bonchev–Trinajstić information content (AvgIpc) is 3.20. The first-order valence-corrected chi connectivity index (χ1v) is 23.9. The molecule has 15 heteroatoms. The van der Waals surface area contributed by atoms with Gasteiger partial charge >= 0.3 is 31.1 Å². The predicted octanol–water partition coefficient (Wildman–Crippen LogP) is 14.5. The Balaban J connectivity index is 1.85. The van der Waals surface area contributed by atoms with Crippen molar-refractivity contribution in [2.24, 2.45) is 0 Å². The van der Waals surface area contributed by atoms with E-state index in [0.29, 0.717) is 50.3 Å². The molecule has 73 heavy (non-hydrogen) atoms. The van der Waals surface area contributed by atoms with Crippen molar-refractivity contribution in [2.45, 2.75) is 158 Å². The minimum Gasteiger partial charge on any atom is -0.441 e. The van der Waals surface area contributed by atoms with Gasteiger partial charge in [0.05, 0.1) is 5.60 Å². The Kier molecular flexibility index (Phi) is 17.4. The lowest BCUT2D eigenvalue weighted by molar-refractivity contribution is -0.259. The van der Waals surface area contributed by atoms with E-state index in [2.05, 4.69) is 0 Å². The minimum atomic E-state index is -1.53. The highest BCUT2D eigenvalue weighted by Crippen LogP contribution is 2.48. The van der Waals surface area contributed by atoms with Gasteiger partial charge in [-0.25, -0.2) is 19.2 Å². The third-order valence-corrected chi connectivity index (χ3v) is 9.80. The number of hydrogen-bond acceptors (Lipinski definition) is 15. The van der Waals surface area contributed by atoms with Gasteiger partial charge in [-0.15, -0.1) is 0 Å². The molecule has 2 atom stereocenters. The van der Waals surface area contributed by atoms with E-state index in [1.54, 1.807) is 196 Å². The van der Waals surface area contributed by atoms with Gasteiger partial charge in [0.2, 0.25) is 0 Å². The van der Waals surface area contributed by atoms with Gasteiger partial charge in [0.1, 0.15) is 51.2 Å². The van der Waals surface area contributed by atoms with Crippen LogP contribution in [0.1, 0.15) is 138 Å². The molecule has 0 heterocycles. The molecule has 0 spiro atoms. The Labute approximate surface area is 428 Å². The summed E-state index contributed by atoms with van der Waals surface area (Å²) >= 11 is 0. The summed E-state index contributed by atoms with van der Waals surface area (Å²) in [5, 5.41) is 10.5. The summed E-state index contributed by atoms with van der Waals surface area (Å²) < 4.78 is 57.4. The molecule has 5 aromatic rings. The first-order valence-electron chi connectivity index (χ1n) is 23.9. The molecule has 0 saturated carbocycles. The van der Waals surface area contributed by atoms with Crippen molar-refractivity contribution in [3.63, 3.8) is 0 Å². The van der Waals surface area contributed by atoms with Crippen LogP contribution in [0.25, 0.3) is 22.3 Å². The second-order valence-electron chi connectivity index (χ2n) is 22.4. The van der Waals surface area contributed by atoms with E-state index in [-0.39, 0.29) is 23.0 Å². The number of carbonyl (C=O) groups is 4. The zero-order chi connectivity index (χ0) is 54.4. The molecule has 0 bridgehead atoms. The summed E-state index contributed by atoms with van der Waals surface area (Å²) in [6.45, 7) is 28.1. The van der Waals surface area contributed by atoms with Crippen LogP contribution in [0.3, 0.4) is 0 Å². The van der Waals surface area contributed by atoms with E-state index >= 15 is 0 Å². The maximum Gasteiger partial charge on any atom is 0.514 e. The van der Waals surface area contributed by atoms with E-state index in [1.807, 2.05) is 19.1 Å². The standard InChI is InChI=1S/C58H70O15/c1-34-30-35(2)48(68-53(63)73-58(15,16)17)44(31-34)47(42-32-38(22-28-45(42)66-51(61)71-56(9,10)11)36-18-24-40(25-19-36)64-49(59)69-54(3,4)5)43-33-39(23-29-46(43)67-52(62)72-57(12,13)14)37-20-26-41(27-21-37)65-50(60)70-55(6,7)8/h18-33,47,49,59H,1-17H3. The topological polar surface area (TPSA) is 181 Å². The normalized spacial score (nSPS) is 13.0. The molecule has 0 fully saturated rings. The Hall–Kier alpha value is -7.10. The molecule has 0 amide bonds. The molecule has 5 rings (SSSR count). The SMILES string of the molecule is Cc1cc(C)c(OC(=O)OC(C)(C)C)c(C(c2cc(-c3ccc(OC(=O)OC(C)(C)C)cc3)ccc2OC(=O)OC(C)(C)C)c2cc(-c3ccc(OC(O)OC(C)(C)C)cc3)ccc2OC(=O)OC(C)(C)C)c1. The largest absolute Gasteiger partial charge is 0.514 e. The second kappa shape index (κ2) is 22.3. The fourth-order valence-electron chi connectivity index (χ4n) is 7.26. The molecule has 0 radical (unpaired) electrons. The maximum atomic E-state index is 13.7. The van der Waals surface area contributed by atoms with Crippen molar-refractivity contribution >= 4 is 24.6 Å². The zero-order valence-electron chi connectivity index (χ0n) is 45.1. The van der Waals surface area contributed by atoms with Crippen molar-refractivity contribution in [1.29, 1.82) is 0 Å². The lowest BCUT2D eigenvalue weighted by Crippen LogP contribution is -2.31. The Morgan fingerprint density at radius 1 is 0.411 bits per heavy atom. The van der Waals surface area contributed by atoms with Crippen LogP contribution < -0.4 is 23.7 Å². The lowest BCUT2D eigenvalue weighted by Gasteiger charge is -2.28. The molecule has 1 N–H and O–H groups in total. The van der Waals surface area contributed by atoms with Crippen molar-refractivity contribution < 1.29 is 71.7 Å². The highest BCUT2D eigenvalue weighted by Gasteiger charge is 2.33. The van der Waals surface area contributed by atoms with E-state index in [0.717, 1.165) is 5.56 Å². The summed E-state index contributed by atoms with van der Waals surface area (Å²) in [5.74, 6) is -0.338. The quantitative estimate of drug-likeness (QED) is 0.0409. The van der Waals surface area contributed by atoms with Crippen LogP contribution in [-0.2, 0) is 23.7 Å². The minimum absolute atomic E-state index is 0.0430. The maximum absolute atomic E-state index is 13.7. The monoisotopic (exact) mass is 1010 g/mol. The van der Waals surface area contributed by atoms with Gasteiger partial charge in [-0.2, -0.15) is 0 Å². The number of ether oxygens (including phenoxy) is 10. The molecule has 0 aromatic heterocycles. The highest BCUT2D eigenvalue weighted by molar-refractivity contribution is 5.76. The third-order valence-electron chi connectivity index (χ3n) is 9.80. The van der Waals surface area contributed by atoms with E-state index < -0.39 is 65.0 Å². The fourth-order valence-corrected chi connectivity index (χ4v) is 7.26. The van der Waals surface area contributed by atoms with Crippen LogP contribution >= 0.6 is 0 Å². The number of hydrogen-bond donors (Lipinski definition) is 1. The van der Waals surface area contributed by atoms with Crippen molar-refractivity contribution in [1.82, 2.24) is 0 Å². The van der Waals surface area contributed by atoms with Crippen LogP contribution in [-0.4, -0.2) is 64.2 Å². The molecule has 392 valence electrons. The molecule has 0 saturated heterocycles. The zero-order valence-corrected chi connectivity index (χ0v) is 45.1. The molecule has 0 aliphatic rings. The van der Waals surface area contributed by atoms with E-state index in [4.69, 9.17) is 47.4 Å². The third kappa shape index (κ3) is 17.9. The Bertz CT molecular complexity index is 2760. The summed E-state index contributed by atoms with van der Waals surface area (Å²) in [4.78, 5) is 53.8. The fraction of sp³-hybridized carbons (Fsp3) is 0.414. The van der Waals surface area contributed by atoms with E-state index in [9.17, 15) is 24.3 Å². The number of aryl methyl sites for hydroxylation is 2. The second-order valence-corrected chi connectivity index (χ2v) is 22.4. The summed E-state index contributed by atoms with van der Waals surface area (Å²) in [5.41, 5.74) is 0.688. The Morgan fingerprint density at radius 3 is 1.18 bits per heavy atom. The molecular weight excluding hydrogens is 937 g/mol. The molecule has 15 nitrogen and oxygen atoms in total. The molecular formula is C58H70O15. The first-order chi connectivity index (χ1) is 33.6. The number of carbonyl (C=O) groups excluding carboxylic acids is 4. The summed E-state index contributed by atoms with van der Waals surface area (Å²) in [6.07, 6.45) is -3.86. The van der Waals surface area contributed by atoms with Crippen molar-refractivity contribution in [3.05, 3.63) is 125 Å². The molecule has 2 unspecified atom stereocenters. The average molecular weight is 1010 g/mol. The van der Waals surface area contributed by atoms with Crippen molar-refractivity contribution in [2.75, 3.05) is 0 Å². The summed E-state index contributed by atoms with van der Waals surface area (Å²) in [6, 6.07) is 27.6. The van der Waals surface area contributed by atoms with Crippen LogP contribution in [0.4, 0.5) is 19.2 Å². The highest BCUT2D eigenvalue weighted by atomic mass is 16.8. The number of aliphatic hydroxyl groups excluding tert-OH is 1. The van der Waals surface area contributed by atoms with Gasteiger partial charge < -0.3 is 52.5 Å². The number of aliphatic hydroxyl groups is 1. The van der Waals surface area contributed by atoms with E-state index in [1.165, 1.54) is 0 Å². The smallest absolute Gasteiger partial charge is 0.441 e. The van der Waals surface area contributed by atoms with Gasteiger partial charge in [0, 0.05) is 22.6 Å². The molecule has 0 aliphatic heterocycles. The van der Waals surface area contributed by atoms with Crippen LogP contribution in [0.2, 0.25) is 0 Å².